The number of aryl methyl sites for hydroxylation is 3. The Bertz CT molecular complexity index is 1150. The molecule has 208 valence electrons. The van der Waals surface area contributed by atoms with E-state index in [0.29, 0.717) is 16.7 Å². The maximum atomic E-state index is 13.0. The van der Waals surface area contributed by atoms with Gasteiger partial charge in [0, 0.05) is 29.5 Å². The number of halogens is 1. The van der Waals surface area contributed by atoms with Crippen molar-refractivity contribution < 1.29 is 34.0 Å². The molecule has 7 nitrogen and oxygen atoms in total. The molecular formula is C30H40FNO6. The molecule has 0 amide bonds. The first-order chi connectivity index (χ1) is 17.8. The number of phenols is 2. The Morgan fingerprint density at radius 3 is 2.34 bits per heavy atom. The minimum absolute atomic E-state index is 0.0298. The Morgan fingerprint density at radius 1 is 1.18 bits per heavy atom. The highest BCUT2D eigenvalue weighted by atomic mass is 19.1. The molecule has 0 bridgehead atoms. The number of aliphatic hydroxyl groups is 1. The van der Waals surface area contributed by atoms with Crippen molar-refractivity contribution in [2.75, 3.05) is 6.67 Å². The first-order valence-corrected chi connectivity index (χ1v) is 12.9. The third kappa shape index (κ3) is 6.43. The van der Waals surface area contributed by atoms with E-state index in [9.17, 15) is 24.5 Å². The van der Waals surface area contributed by atoms with Crippen molar-refractivity contribution in [2.45, 2.75) is 84.5 Å². The molecule has 2 aromatic rings. The molecule has 4 rings (SSSR count). The average Bonchev–Trinajstić information content (AvgIpc) is 2.85. The van der Waals surface area contributed by atoms with Gasteiger partial charge in [0.15, 0.2) is 12.1 Å². The van der Waals surface area contributed by atoms with Crippen molar-refractivity contribution in [3.05, 3.63) is 64.2 Å². The van der Waals surface area contributed by atoms with Gasteiger partial charge in [0.1, 0.15) is 18.2 Å². The van der Waals surface area contributed by atoms with Crippen molar-refractivity contribution in [3.63, 3.8) is 0 Å². The van der Waals surface area contributed by atoms with E-state index in [1.54, 1.807) is 13.8 Å². The lowest BCUT2D eigenvalue weighted by Gasteiger charge is -2.39. The van der Waals surface area contributed by atoms with Crippen LogP contribution in [0.3, 0.4) is 0 Å². The molecule has 0 saturated carbocycles. The number of hydrogen-bond donors (Lipinski definition) is 4. The Morgan fingerprint density at radius 2 is 1.82 bits per heavy atom. The first kappa shape index (κ1) is 29.8. The zero-order valence-electron chi connectivity index (χ0n) is 22.8. The van der Waals surface area contributed by atoms with Crippen molar-refractivity contribution in [3.8, 4) is 11.5 Å². The number of aromatic hydroxyl groups is 2. The Balaban J connectivity index is 0.000000304. The molecular weight excluding hydrogens is 489 g/mol. The number of aliphatic hydroxyl groups excluding tert-OH is 1. The van der Waals surface area contributed by atoms with Crippen LogP contribution in [-0.2, 0) is 20.7 Å². The lowest BCUT2D eigenvalue weighted by Crippen LogP contribution is -2.52. The molecule has 1 saturated heterocycles. The van der Waals surface area contributed by atoms with Gasteiger partial charge in [0.05, 0.1) is 18.3 Å². The highest BCUT2D eigenvalue weighted by Crippen LogP contribution is 2.46. The third-order valence-corrected chi connectivity index (χ3v) is 7.45. The van der Waals surface area contributed by atoms with Crippen molar-refractivity contribution >= 4 is 11.4 Å². The second-order valence-electron chi connectivity index (χ2n) is 10.5. The number of rotatable bonds is 5. The van der Waals surface area contributed by atoms with Crippen LogP contribution in [0.25, 0.3) is 5.57 Å². The second kappa shape index (κ2) is 12.4. The second-order valence-corrected chi connectivity index (χ2v) is 10.5. The lowest BCUT2D eigenvalue weighted by atomic mass is 9.78. The molecule has 0 aromatic heterocycles. The van der Waals surface area contributed by atoms with Crippen LogP contribution in [0.5, 0.6) is 11.5 Å². The van der Waals surface area contributed by atoms with Gasteiger partial charge in [-0.3, -0.25) is 4.79 Å². The number of nitrogens with two attached hydrogens (primary N) is 1. The minimum Gasteiger partial charge on any atom is -0.508 e. The van der Waals surface area contributed by atoms with Crippen molar-refractivity contribution in [1.82, 2.24) is 0 Å². The van der Waals surface area contributed by atoms with Crippen LogP contribution in [0, 0.1) is 26.7 Å². The molecule has 1 fully saturated rings. The van der Waals surface area contributed by atoms with Crippen molar-refractivity contribution in [2.24, 2.45) is 11.7 Å². The van der Waals surface area contributed by atoms with Gasteiger partial charge in [0.25, 0.3) is 0 Å². The number of hydrogen-bond acceptors (Lipinski definition) is 7. The Labute approximate surface area is 224 Å². The molecule has 5 N–H and O–H groups in total. The fourth-order valence-corrected chi connectivity index (χ4v) is 5.46. The number of Topliss-reactive ketones (excluding diaryl/α,β-unsaturated/α-hetero) is 1. The summed E-state index contributed by atoms with van der Waals surface area (Å²) in [5, 5.41) is 30.8. The smallest absolute Gasteiger partial charge is 0.167 e. The van der Waals surface area contributed by atoms with Gasteiger partial charge in [-0.15, -0.1) is 0 Å². The largest absolute Gasteiger partial charge is 0.508 e. The van der Waals surface area contributed by atoms with E-state index in [1.165, 1.54) is 22.8 Å². The van der Waals surface area contributed by atoms with E-state index in [0.717, 1.165) is 5.57 Å². The maximum Gasteiger partial charge on any atom is 0.167 e. The van der Waals surface area contributed by atoms with Gasteiger partial charge >= 0.3 is 0 Å². The van der Waals surface area contributed by atoms with E-state index in [2.05, 4.69) is 45.5 Å². The van der Waals surface area contributed by atoms with Crippen LogP contribution in [0.15, 0.2) is 30.8 Å². The number of ether oxygens (including phenoxy) is 2. The number of carbonyl (C=O) groups is 1. The summed E-state index contributed by atoms with van der Waals surface area (Å²) in [5.74, 6) is -1.32. The number of carbonyl (C=O) groups excluding carboxylic acids is 1. The van der Waals surface area contributed by atoms with Gasteiger partial charge < -0.3 is 30.5 Å². The lowest BCUT2D eigenvalue weighted by molar-refractivity contribution is -0.243. The van der Waals surface area contributed by atoms with Gasteiger partial charge in [-0.25, -0.2) is 4.39 Å². The monoisotopic (exact) mass is 529 g/mol. The summed E-state index contributed by atoms with van der Waals surface area (Å²) < 4.78 is 24.6. The van der Waals surface area contributed by atoms with Crippen molar-refractivity contribution in [1.29, 1.82) is 0 Å². The maximum absolute atomic E-state index is 13.0. The van der Waals surface area contributed by atoms with Gasteiger partial charge in [-0.2, -0.15) is 0 Å². The molecule has 1 aliphatic heterocycles. The van der Waals surface area contributed by atoms with Gasteiger partial charge in [-0.05, 0) is 75.8 Å². The van der Waals surface area contributed by atoms with Crippen LogP contribution < -0.4 is 5.73 Å². The predicted molar refractivity (Wildman–Crippen MR) is 145 cm³/mol. The quantitative estimate of drug-likeness (QED) is 0.413. The summed E-state index contributed by atoms with van der Waals surface area (Å²) in [6.45, 7) is 12.5. The molecule has 6 atom stereocenters. The molecule has 2 aromatic carbocycles. The molecule has 1 heterocycles. The van der Waals surface area contributed by atoms with E-state index in [1.807, 2.05) is 0 Å². The number of phenolic OH excluding ortho intramolecular Hbond substituents is 2. The van der Waals surface area contributed by atoms with E-state index >= 15 is 0 Å². The summed E-state index contributed by atoms with van der Waals surface area (Å²) in [5.41, 5.74) is 12.3. The Hall–Kier alpha value is -2.78. The van der Waals surface area contributed by atoms with Crippen LogP contribution in [0.4, 0.5) is 4.39 Å². The number of benzene rings is 2. The van der Waals surface area contributed by atoms with E-state index in [-0.39, 0.29) is 30.8 Å². The summed E-state index contributed by atoms with van der Waals surface area (Å²) in [7, 11) is 0. The zero-order valence-corrected chi connectivity index (χ0v) is 22.8. The third-order valence-electron chi connectivity index (χ3n) is 7.45. The molecule has 2 aliphatic rings. The number of allylic oxidation sites excluding steroid dienone is 1. The molecule has 8 heteroatoms. The van der Waals surface area contributed by atoms with E-state index < -0.39 is 49.0 Å². The van der Waals surface area contributed by atoms with E-state index in [4.69, 9.17) is 15.2 Å². The normalized spacial score (nSPS) is 26.6. The van der Waals surface area contributed by atoms with Gasteiger partial charge in [-0.1, -0.05) is 30.4 Å². The number of alkyl halides is 1. The fourth-order valence-electron chi connectivity index (χ4n) is 5.46. The predicted octanol–water partition coefficient (Wildman–Crippen LogP) is 4.72. The van der Waals surface area contributed by atoms with Crippen LogP contribution in [0.2, 0.25) is 0 Å². The highest BCUT2D eigenvalue weighted by Gasteiger charge is 2.40. The summed E-state index contributed by atoms with van der Waals surface area (Å²) in [6.07, 6.45) is -2.33. The minimum atomic E-state index is -1.10. The fraction of sp³-hybridized carbons (Fsp3) is 0.500. The molecule has 4 unspecified atom stereocenters. The topological polar surface area (TPSA) is 122 Å². The molecule has 1 aliphatic carbocycles. The zero-order chi connectivity index (χ0) is 28.3. The highest BCUT2D eigenvalue weighted by molar-refractivity contribution is 5.83. The molecule has 0 radical (unpaired) electrons. The average molecular weight is 530 g/mol. The van der Waals surface area contributed by atoms with Crippen LogP contribution in [0.1, 0.15) is 66.2 Å². The standard InChI is InChI=1S/C19H26FNO6.C11H14/c1-8-3-13(22)17-11(18(8)24)4-10(14(23)7-20)5-15(17)27-16-6-12(21)19(25)9(2)26-16;1-8(2)11-9(3)6-5-7-10(11)4/h3,9-10,12,15-16,19,22,24-25H,4-7,21H2,1-2H3;5-7H,1H2,2-4H3/t9?,10-,12?,15+,16?,19?;/m1./s1. The first-order valence-electron chi connectivity index (χ1n) is 12.9. The summed E-state index contributed by atoms with van der Waals surface area (Å²) in [4.78, 5) is 12.0. The summed E-state index contributed by atoms with van der Waals surface area (Å²) in [6, 6.07) is 7.22. The number of fused-ring (bicyclic) bond motifs is 1. The SMILES string of the molecule is C=C(C)c1c(C)cccc1C.Cc1cc(O)c2c(c1O)C[C@@H](C(=O)CF)C[C@@H]2OC1CC(N)C(O)C(C)O1. The molecule has 38 heavy (non-hydrogen) atoms. The van der Waals surface area contributed by atoms with Crippen LogP contribution in [-0.4, -0.2) is 52.3 Å². The summed E-state index contributed by atoms with van der Waals surface area (Å²) >= 11 is 0. The molecule has 0 spiro atoms. The van der Waals surface area contributed by atoms with Gasteiger partial charge in [0.2, 0.25) is 0 Å². The number of ketones is 1. The van der Waals surface area contributed by atoms with Crippen LogP contribution >= 0.6 is 0 Å². The Kier molecular flexibility index (Phi) is 9.70.